The van der Waals surface area contributed by atoms with E-state index < -0.39 is 11.3 Å². The maximum Gasteiger partial charge on any atom is 0.151 e. The Bertz CT molecular complexity index is 2820. The zero-order valence-corrected chi connectivity index (χ0v) is 54.4. The standard InChI is InChI=1S/C72H112N4O2S2/c1-11-19-25-29-33-37-43-71(44-38-34-30-26-20-12-2)73-63-53(9)47-57-58(64(63)74-71)49-59(66-65(57)75-72(76-66,45-39-35-31-27-21-13-3)46-40-36-32-28-22-14-4)62-50-61-68(78-52-56(18-8)42-24-16-6)69-60(48-54(10)79-69)67(70(61)80-62)77-51-55(17-7)41-23-15-5/h47-50,55-56H,11-46,51-52H2,1-10H3. The number of hydrogen-bond acceptors (Lipinski definition) is 8. The van der Waals surface area contributed by atoms with E-state index in [1.54, 1.807) is 0 Å². The summed E-state index contributed by atoms with van der Waals surface area (Å²) in [5, 5.41) is 9.19. The lowest BCUT2D eigenvalue weighted by Gasteiger charge is -2.23. The SMILES string of the molecule is CCCCCCCCC1(CCCCCCCC)N=c2c(C)cc3c4c(c(-c5cc6c(OCC(CC)CCCC)c7sc(C)cc7c(OCC(CC)CCCC)c6s5)cc3c2=N1)=NC(CCCCCCCC)(CCCCCCCC)N=4. The third kappa shape index (κ3) is 16.9. The van der Waals surface area contributed by atoms with Gasteiger partial charge >= 0.3 is 0 Å². The summed E-state index contributed by atoms with van der Waals surface area (Å²) in [6.45, 7) is 24.6. The van der Waals surface area contributed by atoms with Gasteiger partial charge in [0, 0.05) is 36.9 Å². The molecule has 4 heterocycles. The minimum atomic E-state index is -0.477. The fraction of sp³-hybridized carbons (Fsp3) is 0.722. The van der Waals surface area contributed by atoms with Gasteiger partial charge in [-0.1, -0.05) is 222 Å². The van der Waals surface area contributed by atoms with Crippen LogP contribution in [0.25, 0.3) is 41.4 Å². The molecule has 0 radical (unpaired) electrons. The summed E-state index contributed by atoms with van der Waals surface area (Å²) in [4.78, 5) is 26.5. The maximum absolute atomic E-state index is 7.26. The second-order valence-corrected chi connectivity index (χ2v) is 27.5. The molecular weight excluding hydrogens is 1020 g/mol. The molecule has 0 fully saturated rings. The first-order chi connectivity index (χ1) is 39.1. The van der Waals surface area contributed by atoms with Gasteiger partial charge in [0.15, 0.2) is 11.3 Å². The van der Waals surface area contributed by atoms with Gasteiger partial charge in [-0.05, 0) is 120 Å². The first-order valence-electron chi connectivity index (χ1n) is 33.9. The van der Waals surface area contributed by atoms with Crippen molar-refractivity contribution in [2.75, 3.05) is 13.2 Å². The Labute approximate surface area is 495 Å². The van der Waals surface area contributed by atoms with E-state index in [2.05, 4.69) is 93.5 Å². The molecule has 0 saturated heterocycles. The van der Waals surface area contributed by atoms with Crippen molar-refractivity contribution in [3.8, 4) is 21.9 Å². The fourth-order valence-electron chi connectivity index (χ4n) is 13.1. The molecule has 3 aromatic carbocycles. The van der Waals surface area contributed by atoms with Gasteiger partial charge in [0.1, 0.15) is 11.5 Å². The Morgan fingerprint density at radius 1 is 0.388 bits per heavy atom. The highest BCUT2D eigenvalue weighted by atomic mass is 32.1. The number of ether oxygens (including phenoxy) is 2. The Morgan fingerprint density at radius 2 is 0.762 bits per heavy atom. The molecule has 0 bridgehead atoms. The first-order valence-corrected chi connectivity index (χ1v) is 35.6. The summed E-state index contributed by atoms with van der Waals surface area (Å²) in [6.07, 6.45) is 44.1. The van der Waals surface area contributed by atoms with Gasteiger partial charge < -0.3 is 9.47 Å². The molecule has 0 amide bonds. The number of unbranched alkanes of at least 4 members (excludes halogenated alkanes) is 22. The number of rotatable bonds is 43. The number of fused-ring (bicyclic) bond motifs is 7. The van der Waals surface area contributed by atoms with Crippen LogP contribution in [0.1, 0.15) is 297 Å². The lowest BCUT2D eigenvalue weighted by atomic mass is 9.95. The molecule has 5 aromatic rings. The molecule has 444 valence electrons. The van der Waals surface area contributed by atoms with Gasteiger partial charge in [0.05, 0.1) is 44.0 Å². The van der Waals surface area contributed by atoms with Gasteiger partial charge in [-0.25, -0.2) is 0 Å². The van der Waals surface area contributed by atoms with Crippen LogP contribution in [-0.2, 0) is 0 Å². The minimum absolute atomic E-state index is 0.419. The molecule has 80 heavy (non-hydrogen) atoms. The predicted molar refractivity (Wildman–Crippen MR) is 349 cm³/mol. The predicted octanol–water partition coefficient (Wildman–Crippen LogP) is 21.6. The van der Waals surface area contributed by atoms with Crippen LogP contribution in [0, 0.1) is 25.7 Å². The van der Waals surface area contributed by atoms with Crippen molar-refractivity contribution in [2.45, 2.75) is 312 Å². The molecular formula is C72H112N4O2S2. The van der Waals surface area contributed by atoms with Crippen LogP contribution in [0.5, 0.6) is 11.5 Å². The van der Waals surface area contributed by atoms with Gasteiger partial charge in [0.2, 0.25) is 0 Å². The van der Waals surface area contributed by atoms with Crippen LogP contribution in [-0.4, -0.2) is 24.5 Å². The summed E-state index contributed by atoms with van der Waals surface area (Å²) >= 11 is 3.77. The number of aryl methyl sites for hydroxylation is 2. The molecule has 6 nitrogen and oxygen atoms in total. The molecule has 2 aliphatic heterocycles. The topological polar surface area (TPSA) is 67.9 Å². The van der Waals surface area contributed by atoms with Crippen molar-refractivity contribution in [1.82, 2.24) is 0 Å². The van der Waals surface area contributed by atoms with Crippen molar-refractivity contribution < 1.29 is 9.47 Å². The van der Waals surface area contributed by atoms with E-state index in [0.29, 0.717) is 11.8 Å². The molecule has 2 aromatic heterocycles. The molecule has 2 atom stereocenters. The zero-order valence-electron chi connectivity index (χ0n) is 52.8. The zero-order chi connectivity index (χ0) is 56.7. The lowest BCUT2D eigenvalue weighted by Crippen LogP contribution is -2.32. The average Bonchev–Trinajstić information content (AvgIpc) is 4.43. The molecule has 0 spiro atoms. The molecule has 8 heteroatoms. The minimum Gasteiger partial charge on any atom is -0.491 e. The van der Waals surface area contributed by atoms with Crippen molar-refractivity contribution in [3.63, 3.8) is 0 Å². The second-order valence-electron chi connectivity index (χ2n) is 25.2. The van der Waals surface area contributed by atoms with E-state index in [4.69, 9.17) is 29.4 Å². The van der Waals surface area contributed by atoms with E-state index in [1.807, 2.05) is 22.7 Å². The van der Waals surface area contributed by atoms with Gasteiger partial charge in [-0.15, -0.1) is 22.7 Å². The third-order valence-electron chi connectivity index (χ3n) is 18.3. The van der Waals surface area contributed by atoms with Crippen LogP contribution in [0.2, 0.25) is 0 Å². The van der Waals surface area contributed by atoms with Crippen molar-refractivity contribution >= 4 is 53.6 Å². The third-order valence-corrected chi connectivity index (χ3v) is 20.5. The first kappa shape index (κ1) is 64.2. The van der Waals surface area contributed by atoms with Crippen LogP contribution >= 0.6 is 22.7 Å². The summed E-state index contributed by atoms with van der Waals surface area (Å²) in [6, 6.07) is 9.81. The number of benzene rings is 3. The second kappa shape index (κ2) is 33.2. The van der Waals surface area contributed by atoms with Crippen LogP contribution in [0.15, 0.2) is 44.2 Å². The fourth-order valence-corrected chi connectivity index (χ4v) is 15.3. The molecule has 7 rings (SSSR count). The highest BCUT2D eigenvalue weighted by molar-refractivity contribution is 7.23. The van der Waals surface area contributed by atoms with E-state index in [0.717, 1.165) is 97.5 Å². The average molecular weight is 1130 g/mol. The summed E-state index contributed by atoms with van der Waals surface area (Å²) < 4.78 is 17.0. The van der Waals surface area contributed by atoms with Gasteiger partial charge in [-0.3, -0.25) is 20.0 Å². The van der Waals surface area contributed by atoms with Crippen LogP contribution in [0.3, 0.4) is 0 Å². The van der Waals surface area contributed by atoms with Crippen LogP contribution < -0.4 is 30.9 Å². The van der Waals surface area contributed by atoms with Crippen LogP contribution in [0.4, 0.5) is 0 Å². The molecule has 2 aliphatic rings. The molecule has 0 saturated carbocycles. The van der Waals surface area contributed by atoms with Crippen molar-refractivity contribution in [1.29, 1.82) is 0 Å². The number of thiophene rings is 2. The molecule has 2 unspecified atom stereocenters. The van der Waals surface area contributed by atoms with Gasteiger partial charge in [0.25, 0.3) is 0 Å². The van der Waals surface area contributed by atoms with Gasteiger partial charge in [-0.2, -0.15) is 0 Å². The monoisotopic (exact) mass is 1130 g/mol. The normalized spacial score (nSPS) is 15.0. The molecule has 0 N–H and O–H groups in total. The van der Waals surface area contributed by atoms with Crippen molar-refractivity contribution in [2.24, 2.45) is 31.8 Å². The highest BCUT2D eigenvalue weighted by Crippen LogP contribution is 2.51. The van der Waals surface area contributed by atoms with E-state index in [9.17, 15) is 0 Å². The van der Waals surface area contributed by atoms with E-state index >= 15 is 0 Å². The summed E-state index contributed by atoms with van der Waals surface area (Å²) in [7, 11) is 0. The highest BCUT2D eigenvalue weighted by Gasteiger charge is 2.35. The Kier molecular flexibility index (Phi) is 26.7. The number of nitrogens with zero attached hydrogens (tertiary/aromatic N) is 4. The lowest BCUT2D eigenvalue weighted by molar-refractivity contribution is 0.235. The Hall–Kier alpha value is -3.36. The Balaban J connectivity index is 1.47. The quantitative estimate of drug-likeness (QED) is 0.0365. The molecule has 0 aliphatic carbocycles. The summed E-state index contributed by atoms with van der Waals surface area (Å²) in [5.74, 6) is 3.11. The smallest absolute Gasteiger partial charge is 0.151 e. The van der Waals surface area contributed by atoms with E-state index in [1.165, 1.54) is 232 Å². The summed E-state index contributed by atoms with van der Waals surface area (Å²) in [5.41, 5.74) is 1.52. The largest absolute Gasteiger partial charge is 0.491 e. The maximum atomic E-state index is 7.26. The number of hydrogen-bond donors (Lipinski definition) is 0. The van der Waals surface area contributed by atoms with Crippen molar-refractivity contribution in [3.05, 3.63) is 56.1 Å². The Morgan fingerprint density at radius 3 is 1.21 bits per heavy atom. The van der Waals surface area contributed by atoms with E-state index in [-0.39, 0.29) is 0 Å².